The lowest BCUT2D eigenvalue weighted by Crippen LogP contribution is -2.43. The van der Waals surface area contributed by atoms with Gasteiger partial charge in [0, 0.05) is 24.5 Å². The molecular formula is C27H44N4O5. The molecule has 9 nitrogen and oxygen atoms in total. The molecule has 202 valence electrons. The van der Waals surface area contributed by atoms with Crippen molar-refractivity contribution in [2.24, 2.45) is 5.92 Å². The van der Waals surface area contributed by atoms with Crippen LogP contribution in [0.3, 0.4) is 0 Å². The Balaban J connectivity index is 1.35. The largest absolute Gasteiger partial charge is 0.444 e. The molecule has 0 unspecified atom stereocenters. The Morgan fingerprint density at radius 2 is 1.69 bits per heavy atom. The van der Waals surface area contributed by atoms with E-state index in [1.54, 1.807) is 0 Å². The first-order valence-corrected chi connectivity index (χ1v) is 13.6. The first-order valence-electron chi connectivity index (χ1n) is 13.6. The number of nitrogens with zero attached hydrogens (tertiary/aromatic N) is 3. The van der Waals surface area contributed by atoms with Gasteiger partial charge >= 0.3 is 12.2 Å². The summed E-state index contributed by atoms with van der Waals surface area (Å²) in [5.41, 5.74) is -1.27. The summed E-state index contributed by atoms with van der Waals surface area (Å²) in [7, 11) is 0. The summed E-state index contributed by atoms with van der Waals surface area (Å²) >= 11 is 0. The minimum absolute atomic E-state index is 0.0979. The second kappa shape index (κ2) is 9.86. The number of ether oxygens (including phenoxy) is 2. The van der Waals surface area contributed by atoms with Crippen LogP contribution in [0.25, 0.3) is 0 Å². The number of hydrogen-bond acceptors (Lipinski definition) is 7. The highest BCUT2D eigenvalue weighted by atomic mass is 16.6. The van der Waals surface area contributed by atoms with Gasteiger partial charge in [-0.3, -0.25) is 0 Å². The lowest BCUT2D eigenvalue weighted by molar-refractivity contribution is 0.0201. The molecule has 1 aromatic heterocycles. The van der Waals surface area contributed by atoms with E-state index in [0.29, 0.717) is 24.2 Å². The highest BCUT2D eigenvalue weighted by molar-refractivity contribution is 5.69. The van der Waals surface area contributed by atoms with Crippen LogP contribution in [0.4, 0.5) is 9.59 Å². The van der Waals surface area contributed by atoms with Crippen molar-refractivity contribution in [3.05, 3.63) is 11.7 Å². The predicted molar refractivity (Wildman–Crippen MR) is 135 cm³/mol. The normalized spacial score (nSPS) is 27.2. The maximum absolute atomic E-state index is 13.1. The Hall–Kier alpha value is -2.32. The maximum atomic E-state index is 13.1. The van der Waals surface area contributed by atoms with E-state index in [9.17, 15) is 9.59 Å². The molecule has 1 aromatic rings. The maximum Gasteiger partial charge on any atom is 0.410 e. The van der Waals surface area contributed by atoms with Gasteiger partial charge in [-0.1, -0.05) is 18.5 Å². The van der Waals surface area contributed by atoms with Crippen molar-refractivity contribution in [1.82, 2.24) is 20.4 Å². The molecular weight excluding hydrogens is 460 g/mol. The van der Waals surface area contributed by atoms with E-state index in [2.05, 4.69) is 17.4 Å². The Kier molecular flexibility index (Phi) is 7.32. The molecule has 2 amide bonds. The minimum atomic E-state index is -0.529. The van der Waals surface area contributed by atoms with E-state index >= 15 is 0 Å². The molecule has 1 N–H and O–H groups in total. The predicted octanol–water partition coefficient (Wildman–Crippen LogP) is 5.69. The smallest absolute Gasteiger partial charge is 0.410 e. The highest BCUT2D eigenvalue weighted by Crippen LogP contribution is 2.50. The molecule has 3 fully saturated rings. The van der Waals surface area contributed by atoms with Gasteiger partial charge in [-0.05, 0) is 92.4 Å². The van der Waals surface area contributed by atoms with Crippen LogP contribution in [0.5, 0.6) is 0 Å². The zero-order valence-corrected chi connectivity index (χ0v) is 23.1. The second-order valence-electron chi connectivity index (χ2n) is 13.0. The third kappa shape index (κ3) is 6.71. The summed E-state index contributed by atoms with van der Waals surface area (Å²) in [4.78, 5) is 31.9. The Morgan fingerprint density at radius 1 is 1.06 bits per heavy atom. The SMILES string of the molecule is CC[C@@H]1C[C@H]1N(CC1(c2noc([C@H]3CC[C@H](NC(=O)OC(C)(C)C)CC3)n2)CC1)C(=O)OC(C)(C)C. The number of alkyl carbamates (subject to hydrolysis) is 1. The van der Waals surface area contributed by atoms with Crippen LogP contribution < -0.4 is 5.32 Å². The van der Waals surface area contributed by atoms with Gasteiger partial charge in [0.05, 0.1) is 5.41 Å². The molecule has 0 aromatic carbocycles. The van der Waals surface area contributed by atoms with Crippen molar-refractivity contribution in [2.75, 3.05) is 6.54 Å². The quantitative estimate of drug-likeness (QED) is 0.508. The molecule has 0 radical (unpaired) electrons. The number of rotatable bonds is 7. The first kappa shape index (κ1) is 26.7. The van der Waals surface area contributed by atoms with E-state index in [1.807, 2.05) is 46.4 Å². The number of amides is 2. The van der Waals surface area contributed by atoms with Gasteiger partial charge in [-0.15, -0.1) is 0 Å². The van der Waals surface area contributed by atoms with Crippen LogP contribution in [-0.2, 0) is 14.9 Å². The number of aromatic nitrogens is 2. The fourth-order valence-corrected chi connectivity index (χ4v) is 5.19. The topological polar surface area (TPSA) is 107 Å². The molecule has 3 saturated carbocycles. The monoisotopic (exact) mass is 504 g/mol. The van der Waals surface area contributed by atoms with Gasteiger partial charge in [0.25, 0.3) is 0 Å². The number of nitrogens with one attached hydrogen (secondary N) is 1. The molecule has 0 bridgehead atoms. The van der Waals surface area contributed by atoms with Crippen LogP contribution in [0, 0.1) is 5.92 Å². The molecule has 0 aliphatic heterocycles. The molecule has 0 spiro atoms. The molecule has 3 aliphatic rings. The lowest BCUT2D eigenvalue weighted by Gasteiger charge is -2.30. The summed E-state index contributed by atoms with van der Waals surface area (Å²) in [6.45, 7) is 14.1. The van der Waals surface area contributed by atoms with Crippen LogP contribution in [0.15, 0.2) is 4.52 Å². The fraction of sp³-hybridized carbons (Fsp3) is 0.852. The highest BCUT2D eigenvalue weighted by Gasteiger charge is 2.54. The molecule has 3 aliphatic carbocycles. The summed E-state index contributed by atoms with van der Waals surface area (Å²) in [6, 6.07) is 0.335. The standard InChI is InChI=1S/C27H44N4O5/c1-8-17-15-20(17)31(24(33)35-26(5,6)7)16-27(13-14-27)22-29-21(36-30-22)18-9-11-19(12-10-18)28-23(32)34-25(2,3)4/h17-20H,8-16H2,1-7H3,(H,28,32)/t17-,18-,19-,20-/m1/s1. The molecule has 36 heavy (non-hydrogen) atoms. The second-order valence-corrected chi connectivity index (χ2v) is 13.0. The third-order valence-electron chi connectivity index (χ3n) is 7.48. The summed E-state index contributed by atoms with van der Waals surface area (Å²) < 4.78 is 16.9. The number of carbonyl (C=O) groups is 2. The Morgan fingerprint density at radius 3 is 2.22 bits per heavy atom. The zero-order chi connectivity index (χ0) is 26.3. The molecule has 4 rings (SSSR count). The van der Waals surface area contributed by atoms with Crippen LogP contribution >= 0.6 is 0 Å². The van der Waals surface area contributed by atoms with Crippen molar-refractivity contribution in [3.8, 4) is 0 Å². The van der Waals surface area contributed by atoms with E-state index in [-0.39, 0.29) is 35.6 Å². The van der Waals surface area contributed by atoms with E-state index in [0.717, 1.165) is 51.4 Å². The van der Waals surface area contributed by atoms with Crippen LogP contribution in [0.2, 0.25) is 0 Å². The van der Waals surface area contributed by atoms with Crippen molar-refractivity contribution in [2.45, 2.75) is 134 Å². The fourth-order valence-electron chi connectivity index (χ4n) is 5.19. The van der Waals surface area contributed by atoms with E-state index in [4.69, 9.17) is 19.0 Å². The molecule has 9 heteroatoms. The average molecular weight is 505 g/mol. The zero-order valence-electron chi connectivity index (χ0n) is 23.1. The van der Waals surface area contributed by atoms with E-state index in [1.165, 1.54) is 0 Å². The van der Waals surface area contributed by atoms with Crippen molar-refractivity contribution in [3.63, 3.8) is 0 Å². The van der Waals surface area contributed by atoms with Gasteiger partial charge < -0.3 is 24.2 Å². The Bertz CT molecular complexity index is 935. The van der Waals surface area contributed by atoms with Crippen molar-refractivity contribution < 1.29 is 23.6 Å². The van der Waals surface area contributed by atoms with Crippen LogP contribution in [0.1, 0.15) is 117 Å². The van der Waals surface area contributed by atoms with Crippen molar-refractivity contribution in [1.29, 1.82) is 0 Å². The van der Waals surface area contributed by atoms with Gasteiger partial charge in [-0.25, -0.2) is 9.59 Å². The van der Waals surface area contributed by atoms with Gasteiger partial charge in [0.15, 0.2) is 5.82 Å². The number of hydrogen-bond donors (Lipinski definition) is 1. The van der Waals surface area contributed by atoms with Gasteiger partial charge in [-0.2, -0.15) is 4.98 Å². The molecule has 0 saturated heterocycles. The van der Waals surface area contributed by atoms with Crippen molar-refractivity contribution >= 4 is 12.2 Å². The minimum Gasteiger partial charge on any atom is -0.444 e. The number of carbonyl (C=O) groups excluding carboxylic acids is 2. The third-order valence-corrected chi connectivity index (χ3v) is 7.48. The Labute approximate surface area is 215 Å². The van der Waals surface area contributed by atoms with E-state index < -0.39 is 11.2 Å². The van der Waals surface area contributed by atoms with Crippen LogP contribution in [-0.4, -0.2) is 57.1 Å². The van der Waals surface area contributed by atoms with Gasteiger partial charge in [0.1, 0.15) is 11.2 Å². The molecule has 2 atom stereocenters. The lowest BCUT2D eigenvalue weighted by atomic mass is 9.86. The summed E-state index contributed by atoms with van der Waals surface area (Å²) in [6.07, 6.45) is 6.82. The molecule has 1 heterocycles. The van der Waals surface area contributed by atoms with Gasteiger partial charge in [0.2, 0.25) is 5.89 Å². The summed E-state index contributed by atoms with van der Waals surface area (Å²) in [5.74, 6) is 2.12. The average Bonchev–Trinajstić information content (AvgIpc) is 3.66. The first-order chi connectivity index (χ1) is 16.8. The summed E-state index contributed by atoms with van der Waals surface area (Å²) in [5, 5.41) is 7.37.